The van der Waals surface area contributed by atoms with Crippen LogP contribution in [0.5, 0.6) is 0 Å². The zero-order chi connectivity index (χ0) is 14.8. The Kier molecular flexibility index (Phi) is 3.39. The third-order valence-electron chi connectivity index (χ3n) is 3.61. The number of pyridine rings is 1. The summed E-state index contributed by atoms with van der Waals surface area (Å²) in [4.78, 5) is 26.6. The molecule has 1 aliphatic rings. The summed E-state index contributed by atoms with van der Waals surface area (Å²) in [5.41, 5.74) is 1.65. The zero-order valence-electron chi connectivity index (χ0n) is 11.2. The maximum atomic E-state index is 12.1. The fourth-order valence-corrected chi connectivity index (χ4v) is 2.38. The second-order valence-electron chi connectivity index (χ2n) is 5.09. The first-order valence-corrected chi connectivity index (χ1v) is 6.70. The number of aromatic carboxylic acids is 1. The minimum absolute atomic E-state index is 0.0217. The van der Waals surface area contributed by atoms with Crippen LogP contribution < -0.4 is 5.32 Å². The van der Waals surface area contributed by atoms with Gasteiger partial charge in [-0.3, -0.25) is 4.79 Å². The summed E-state index contributed by atoms with van der Waals surface area (Å²) in [6, 6.07) is 12.9. The van der Waals surface area contributed by atoms with Crippen LogP contribution in [0.2, 0.25) is 0 Å². The lowest BCUT2D eigenvalue weighted by Gasteiger charge is -2.05. The smallest absolute Gasteiger partial charge is 0.354 e. The monoisotopic (exact) mass is 282 g/mol. The minimum Gasteiger partial charge on any atom is -0.477 e. The Balaban J connectivity index is 1.62. The van der Waals surface area contributed by atoms with Crippen LogP contribution in [0.1, 0.15) is 28.4 Å². The lowest BCUT2D eigenvalue weighted by Crippen LogP contribution is -2.15. The quantitative estimate of drug-likeness (QED) is 0.903. The summed E-state index contributed by atoms with van der Waals surface area (Å²) in [5.74, 6) is -0.878. The van der Waals surface area contributed by atoms with Crippen molar-refractivity contribution in [3.05, 3.63) is 59.9 Å². The number of benzene rings is 1. The number of carbonyl (C=O) groups is 2. The predicted octanol–water partition coefficient (Wildman–Crippen LogP) is 2.52. The molecule has 2 N–H and O–H groups in total. The molecule has 0 bridgehead atoms. The van der Waals surface area contributed by atoms with Crippen molar-refractivity contribution in [2.45, 2.75) is 12.3 Å². The summed E-state index contributed by atoms with van der Waals surface area (Å²) >= 11 is 0. The van der Waals surface area contributed by atoms with Crippen LogP contribution in [-0.2, 0) is 4.79 Å². The van der Waals surface area contributed by atoms with Gasteiger partial charge >= 0.3 is 5.97 Å². The number of nitrogens with one attached hydrogen (secondary N) is 1. The van der Waals surface area contributed by atoms with E-state index in [1.54, 1.807) is 6.07 Å². The lowest BCUT2D eigenvalue weighted by atomic mass is 10.1. The van der Waals surface area contributed by atoms with Gasteiger partial charge in [0.1, 0.15) is 5.69 Å². The molecule has 1 aromatic heterocycles. The third kappa shape index (κ3) is 2.91. The molecular formula is C16H14N2O3. The minimum atomic E-state index is -1.08. The Morgan fingerprint density at radius 3 is 2.52 bits per heavy atom. The maximum absolute atomic E-state index is 12.1. The van der Waals surface area contributed by atoms with Crippen molar-refractivity contribution in [2.75, 3.05) is 5.32 Å². The SMILES string of the molecule is O=C(O)c1ccc(NC(=O)C2CC2c2ccccc2)cn1. The molecule has 3 rings (SSSR count). The van der Waals surface area contributed by atoms with Gasteiger partial charge in [-0.25, -0.2) is 9.78 Å². The zero-order valence-corrected chi connectivity index (χ0v) is 11.2. The molecule has 1 saturated carbocycles. The number of amides is 1. The number of anilines is 1. The van der Waals surface area contributed by atoms with E-state index in [1.165, 1.54) is 17.8 Å². The number of hydrogen-bond acceptors (Lipinski definition) is 3. The van der Waals surface area contributed by atoms with E-state index in [1.807, 2.05) is 30.3 Å². The summed E-state index contributed by atoms with van der Waals surface area (Å²) in [6.07, 6.45) is 2.21. The van der Waals surface area contributed by atoms with E-state index in [-0.39, 0.29) is 23.4 Å². The molecule has 0 saturated heterocycles. The molecule has 5 nitrogen and oxygen atoms in total. The van der Waals surface area contributed by atoms with Gasteiger partial charge in [0.15, 0.2) is 0 Å². The molecule has 1 fully saturated rings. The van der Waals surface area contributed by atoms with Crippen LogP contribution in [0.25, 0.3) is 0 Å². The van der Waals surface area contributed by atoms with Crippen molar-refractivity contribution in [3.8, 4) is 0 Å². The second kappa shape index (κ2) is 5.36. The largest absolute Gasteiger partial charge is 0.477 e. The van der Waals surface area contributed by atoms with Crippen molar-refractivity contribution in [1.82, 2.24) is 4.98 Å². The molecule has 0 spiro atoms. The van der Waals surface area contributed by atoms with E-state index in [0.717, 1.165) is 6.42 Å². The van der Waals surface area contributed by atoms with Crippen LogP contribution in [0.15, 0.2) is 48.7 Å². The number of rotatable bonds is 4. The summed E-state index contributed by atoms with van der Waals surface area (Å²) in [7, 11) is 0. The first-order chi connectivity index (χ1) is 10.1. The van der Waals surface area contributed by atoms with Gasteiger partial charge in [-0.05, 0) is 30.0 Å². The molecule has 1 aliphatic carbocycles. The van der Waals surface area contributed by atoms with Crippen molar-refractivity contribution in [3.63, 3.8) is 0 Å². The molecule has 2 atom stereocenters. The third-order valence-corrected chi connectivity index (χ3v) is 3.61. The number of hydrogen-bond donors (Lipinski definition) is 2. The molecule has 0 radical (unpaired) electrons. The van der Waals surface area contributed by atoms with Crippen molar-refractivity contribution in [2.24, 2.45) is 5.92 Å². The molecule has 5 heteroatoms. The molecule has 0 aliphatic heterocycles. The van der Waals surface area contributed by atoms with Gasteiger partial charge in [0.05, 0.1) is 11.9 Å². The number of carbonyl (C=O) groups excluding carboxylic acids is 1. The number of aromatic nitrogens is 1. The summed E-state index contributed by atoms with van der Waals surface area (Å²) in [6.45, 7) is 0. The highest BCUT2D eigenvalue weighted by molar-refractivity contribution is 5.95. The van der Waals surface area contributed by atoms with Crippen LogP contribution in [0, 0.1) is 5.92 Å². The van der Waals surface area contributed by atoms with Gasteiger partial charge in [-0.15, -0.1) is 0 Å². The van der Waals surface area contributed by atoms with Crippen molar-refractivity contribution < 1.29 is 14.7 Å². The van der Waals surface area contributed by atoms with Crippen LogP contribution in [0.4, 0.5) is 5.69 Å². The maximum Gasteiger partial charge on any atom is 0.354 e. The van der Waals surface area contributed by atoms with Crippen molar-refractivity contribution >= 4 is 17.6 Å². The fourth-order valence-electron chi connectivity index (χ4n) is 2.38. The van der Waals surface area contributed by atoms with Gasteiger partial charge in [0.2, 0.25) is 5.91 Å². The number of nitrogens with zero attached hydrogens (tertiary/aromatic N) is 1. The van der Waals surface area contributed by atoms with E-state index in [0.29, 0.717) is 5.69 Å². The van der Waals surface area contributed by atoms with Gasteiger partial charge in [0.25, 0.3) is 0 Å². The van der Waals surface area contributed by atoms with Crippen LogP contribution in [-0.4, -0.2) is 22.0 Å². The molecule has 1 amide bonds. The second-order valence-corrected chi connectivity index (χ2v) is 5.09. The molecule has 21 heavy (non-hydrogen) atoms. The molecule has 2 aromatic rings. The van der Waals surface area contributed by atoms with Gasteiger partial charge in [0, 0.05) is 5.92 Å². The van der Waals surface area contributed by atoms with E-state index in [9.17, 15) is 9.59 Å². The highest BCUT2D eigenvalue weighted by atomic mass is 16.4. The summed E-state index contributed by atoms with van der Waals surface area (Å²) < 4.78 is 0. The first kappa shape index (κ1) is 13.3. The highest BCUT2D eigenvalue weighted by Crippen LogP contribution is 2.47. The molecule has 1 heterocycles. The van der Waals surface area contributed by atoms with Gasteiger partial charge in [-0.2, -0.15) is 0 Å². The molecule has 1 aromatic carbocycles. The molecule has 106 valence electrons. The number of carboxylic acids is 1. The average molecular weight is 282 g/mol. The van der Waals surface area contributed by atoms with E-state index in [4.69, 9.17) is 5.11 Å². The van der Waals surface area contributed by atoms with E-state index in [2.05, 4.69) is 10.3 Å². The summed E-state index contributed by atoms with van der Waals surface area (Å²) in [5, 5.41) is 11.5. The standard InChI is InChI=1S/C16H14N2O3/c19-15(13-8-12(13)10-4-2-1-3-5-10)18-11-6-7-14(16(20)21)17-9-11/h1-7,9,12-13H,8H2,(H,18,19)(H,20,21). The average Bonchev–Trinajstić information content (AvgIpc) is 3.29. The first-order valence-electron chi connectivity index (χ1n) is 6.70. The van der Waals surface area contributed by atoms with E-state index < -0.39 is 5.97 Å². The van der Waals surface area contributed by atoms with Crippen LogP contribution >= 0.6 is 0 Å². The Morgan fingerprint density at radius 2 is 1.90 bits per heavy atom. The van der Waals surface area contributed by atoms with E-state index >= 15 is 0 Å². The number of carboxylic acid groups (broad SMARTS) is 1. The Hall–Kier alpha value is -2.69. The normalized spacial score (nSPS) is 19.8. The topological polar surface area (TPSA) is 79.3 Å². The Morgan fingerprint density at radius 1 is 1.14 bits per heavy atom. The fraction of sp³-hybridized carbons (Fsp3) is 0.188. The molecule has 2 unspecified atom stereocenters. The van der Waals surface area contributed by atoms with Crippen LogP contribution in [0.3, 0.4) is 0 Å². The highest BCUT2D eigenvalue weighted by Gasteiger charge is 2.43. The predicted molar refractivity (Wildman–Crippen MR) is 77.1 cm³/mol. The Bertz CT molecular complexity index is 668. The van der Waals surface area contributed by atoms with Gasteiger partial charge < -0.3 is 10.4 Å². The molecular weight excluding hydrogens is 268 g/mol. The lowest BCUT2D eigenvalue weighted by molar-refractivity contribution is -0.117. The van der Waals surface area contributed by atoms with Gasteiger partial charge in [-0.1, -0.05) is 30.3 Å². The van der Waals surface area contributed by atoms with Crippen molar-refractivity contribution in [1.29, 1.82) is 0 Å². The Labute approximate surface area is 121 Å².